The Morgan fingerprint density at radius 2 is 2.05 bits per heavy atom. The van der Waals surface area contributed by atoms with Gasteiger partial charge < -0.3 is 15.7 Å². The van der Waals surface area contributed by atoms with Crippen LogP contribution in [-0.4, -0.2) is 23.5 Å². The number of carbonyl (C=O) groups excluding carboxylic acids is 2. The maximum Gasteiger partial charge on any atom is 0.261 e. The van der Waals surface area contributed by atoms with Crippen molar-refractivity contribution in [1.29, 1.82) is 0 Å². The van der Waals surface area contributed by atoms with E-state index in [0.29, 0.717) is 11.4 Å². The third kappa shape index (κ3) is 4.40. The summed E-state index contributed by atoms with van der Waals surface area (Å²) in [5.41, 5.74) is -1.08. The quantitative estimate of drug-likeness (QED) is 0.754. The number of amides is 2. The molecule has 1 unspecified atom stereocenters. The Hall–Kier alpha value is -1.70. The van der Waals surface area contributed by atoms with E-state index in [0.717, 1.165) is 9.75 Å². The van der Waals surface area contributed by atoms with Gasteiger partial charge in [-0.25, -0.2) is 0 Å². The molecule has 0 aliphatic rings. The largest absolute Gasteiger partial charge is 0.383 e. The number of rotatable bonds is 6. The molecule has 2 aromatic heterocycles. The Kier molecular flexibility index (Phi) is 5.33. The van der Waals surface area contributed by atoms with Crippen LogP contribution in [0.2, 0.25) is 0 Å². The number of nitrogens with one attached hydrogen (secondary N) is 2. The molecule has 0 aromatic carbocycles. The molecule has 0 saturated carbocycles. The van der Waals surface area contributed by atoms with Gasteiger partial charge >= 0.3 is 0 Å². The van der Waals surface area contributed by atoms with Crippen LogP contribution in [0.15, 0.2) is 29.6 Å². The summed E-state index contributed by atoms with van der Waals surface area (Å²) >= 11 is 2.78. The molecule has 3 N–H and O–H groups in total. The van der Waals surface area contributed by atoms with Gasteiger partial charge in [-0.1, -0.05) is 6.07 Å². The molecule has 22 heavy (non-hydrogen) atoms. The topological polar surface area (TPSA) is 78.4 Å². The first-order valence-electron chi connectivity index (χ1n) is 6.76. The lowest BCUT2D eigenvalue weighted by atomic mass is 10.1. The van der Waals surface area contributed by atoms with Crippen LogP contribution in [0.3, 0.4) is 0 Å². The van der Waals surface area contributed by atoms with Crippen molar-refractivity contribution >= 4 is 34.5 Å². The minimum Gasteiger partial charge on any atom is -0.383 e. The smallest absolute Gasteiger partial charge is 0.261 e. The van der Waals surface area contributed by atoms with E-state index in [9.17, 15) is 14.7 Å². The molecule has 5 nitrogen and oxygen atoms in total. The lowest BCUT2D eigenvalue weighted by molar-refractivity contribution is -0.119. The molecule has 2 heterocycles. The van der Waals surface area contributed by atoms with Gasteiger partial charge in [0, 0.05) is 16.7 Å². The molecular formula is C15H18N2O3S2. The zero-order valence-corrected chi connectivity index (χ0v) is 14.0. The summed E-state index contributed by atoms with van der Waals surface area (Å²) in [6.07, 6.45) is 0. The normalized spacial score (nSPS) is 13.4. The van der Waals surface area contributed by atoms with E-state index in [2.05, 4.69) is 10.6 Å². The SMILES string of the molecule is CC(=O)NCc1ccc(C(=O)NCC(C)(O)c2cccs2)s1. The molecule has 0 aliphatic heterocycles. The summed E-state index contributed by atoms with van der Waals surface area (Å²) in [6, 6.07) is 7.24. The molecule has 2 rings (SSSR count). The highest BCUT2D eigenvalue weighted by Gasteiger charge is 2.25. The summed E-state index contributed by atoms with van der Waals surface area (Å²) < 4.78 is 0. The van der Waals surface area contributed by atoms with Crippen LogP contribution in [0.5, 0.6) is 0 Å². The van der Waals surface area contributed by atoms with Crippen LogP contribution in [0, 0.1) is 0 Å². The fraction of sp³-hybridized carbons (Fsp3) is 0.333. The Balaban J connectivity index is 1.91. The summed E-state index contributed by atoms with van der Waals surface area (Å²) in [5, 5.41) is 17.7. The molecule has 2 amide bonds. The lowest BCUT2D eigenvalue weighted by Gasteiger charge is -2.22. The van der Waals surface area contributed by atoms with Crippen molar-refractivity contribution in [3.05, 3.63) is 44.3 Å². The molecule has 118 valence electrons. The average Bonchev–Trinajstić information content (AvgIpc) is 3.13. The standard InChI is InChI=1S/C15H18N2O3S2/c1-10(18)16-8-11-5-6-12(22-11)14(19)17-9-15(2,20)13-4-3-7-21-13/h3-7,20H,8-9H2,1-2H3,(H,16,18)(H,17,19). The van der Waals surface area contributed by atoms with E-state index >= 15 is 0 Å². The Bertz CT molecular complexity index is 648. The Morgan fingerprint density at radius 1 is 1.27 bits per heavy atom. The minimum atomic E-state index is -1.08. The molecular weight excluding hydrogens is 320 g/mol. The van der Waals surface area contributed by atoms with Gasteiger partial charge in [0.05, 0.1) is 18.0 Å². The monoisotopic (exact) mass is 338 g/mol. The number of aliphatic hydroxyl groups is 1. The molecule has 7 heteroatoms. The molecule has 0 bridgehead atoms. The number of thiophene rings is 2. The van der Waals surface area contributed by atoms with E-state index in [1.54, 1.807) is 13.0 Å². The maximum atomic E-state index is 12.1. The van der Waals surface area contributed by atoms with Gasteiger partial charge in [-0.2, -0.15) is 0 Å². The third-order valence-corrected chi connectivity index (χ3v) is 5.25. The first-order chi connectivity index (χ1) is 10.4. The fourth-order valence-corrected chi connectivity index (χ4v) is 3.47. The predicted molar refractivity (Wildman–Crippen MR) is 88.1 cm³/mol. The highest BCUT2D eigenvalue weighted by Crippen LogP contribution is 2.24. The second kappa shape index (κ2) is 7.04. The van der Waals surface area contributed by atoms with Gasteiger partial charge in [0.25, 0.3) is 5.91 Å². The van der Waals surface area contributed by atoms with Gasteiger partial charge in [0.1, 0.15) is 5.60 Å². The van der Waals surface area contributed by atoms with Crippen LogP contribution < -0.4 is 10.6 Å². The molecule has 0 saturated heterocycles. The second-order valence-corrected chi connectivity index (χ2v) is 7.23. The van der Waals surface area contributed by atoms with Crippen molar-refractivity contribution in [2.24, 2.45) is 0 Å². The molecule has 1 atom stereocenters. The summed E-state index contributed by atoms with van der Waals surface area (Å²) in [4.78, 5) is 25.3. The second-order valence-electron chi connectivity index (χ2n) is 5.11. The number of carbonyl (C=O) groups is 2. The predicted octanol–water partition coefficient (Wildman–Crippen LogP) is 2.08. The van der Waals surface area contributed by atoms with Crippen LogP contribution in [0.4, 0.5) is 0 Å². The van der Waals surface area contributed by atoms with Crippen molar-refractivity contribution in [2.45, 2.75) is 26.0 Å². The van der Waals surface area contributed by atoms with Crippen LogP contribution in [-0.2, 0) is 16.9 Å². The molecule has 0 fully saturated rings. The van der Waals surface area contributed by atoms with Gasteiger partial charge in [0.15, 0.2) is 0 Å². The Labute approximate surface area is 137 Å². The maximum absolute atomic E-state index is 12.1. The van der Waals surface area contributed by atoms with Crippen molar-refractivity contribution < 1.29 is 14.7 Å². The molecule has 0 spiro atoms. The van der Waals surface area contributed by atoms with Crippen LogP contribution >= 0.6 is 22.7 Å². The zero-order valence-electron chi connectivity index (χ0n) is 12.4. The van der Waals surface area contributed by atoms with Gasteiger partial charge in [-0.05, 0) is 30.5 Å². The van der Waals surface area contributed by atoms with Gasteiger partial charge in [0.2, 0.25) is 5.91 Å². The summed E-state index contributed by atoms with van der Waals surface area (Å²) in [7, 11) is 0. The average molecular weight is 338 g/mol. The van der Waals surface area contributed by atoms with E-state index in [1.165, 1.54) is 29.6 Å². The van der Waals surface area contributed by atoms with Crippen molar-refractivity contribution in [3.63, 3.8) is 0 Å². The van der Waals surface area contributed by atoms with E-state index in [1.807, 2.05) is 23.6 Å². The summed E-state index contributed by atoms with van der Waals surface area (Å²) in [5.74, 6) is -0.331. The van der Waals surface area contributed by atoms with Crippen molar-refractivity contribution in [3.8, 4) is 0 Å². The molecule has 0 aliphatic carbocycles. The van der Waals surface area contributed by atoms with E-state index < -0.39 is 5.60 Å². The van der Waals surface area contributed by atoms with Crippen molar-refractivity contribution in [2.75, 3.05) is 6.54 Å². The number of hydrogen-bond acceptors (Lipinski definition) is 5. The summed E-state index contributed by atoms with van der Waals surface area (Å²) in [6.45, 7) is 3.69. The van der Waals surface area contributed by atoms with Gasteiger partial charge in [-0.15, -0.1) is 22.7 Å². The van der Waals surface area contributed by atoms with E-state index in [-0.39, 0.29) is 18.4 Å². The first kappa shape index (κ1) is 16.7. The van der Waals surface area contributed by atoms with Crippen LogP contribution in [0.25, 0.3) is 0 Å². The lowest BCUT2D eigenvalue weighted by Crippen LogP contribution is -2.37. The minimum absolute atomic E-state index is 0.105. The fourth-order valence-electron chi connectivity index (χ4n) is 1.82. The highest BCUT2D eigenvalue weighted by atomic mass is 32.1. The Morgan fingerprint density at radius 3 is 2.68 bits per heavy atom. The zero-order chi connectivity index (χ0) is 16.2. The number of hydrogen-bond donors (Lipinski definition) is 3. The molecule has 2 aromatic rings. The van der Waals surface area contributed by atoms with Crippen LogP contribution in [0.1, 0.15) is 33.3 Å². The van der Waals surface area contributed by atoms with E-state index in [4.69, 9.17) is 0 Å². The third-order valence-electron chi connectivity index (χ3n) is 3.04. The van der Waals surface area contributed by atoms with Crippen molar-refractivity contribution in [1.82, 2.24) is 10.6 Å². The van der Waals surface area contributed by atoms with Gasteiger partial charge in [-0.3, -0.25) is 9.59 Å². The first-order valence-corrected chi connectivity index (χ1v) is 8.46. The highest BCUT2D eigenvalue weighted by molar-refractivity contribution is 7.14. The molecule has 0 radical (unpaired) electrons.